The summed E-state index contributed by atoms with van der Waals surface area (Å²) in [4.78, 5) is 0. The van der Waals surface area contributed by atoms with Gasteiger partial charge in [-0.3, -0.25) is 0 Å². The molecule has 50 heavy (non-hydrogen) atoms. The van der Waals surface area contributed by atoms with E-state index in [2.05, 4.69) is 199 Å². The van der Waals surface area contributed by atoms with Crippen LogP contribution in [-0.4, -0.2) is 4.57 Å². The lowest BCUT2D eigenvalue weighted by molar-refractivity contribution is 0.962. The van der Waals surface area contributed by atoms with Gasteiger partial charge in [0.25, 0.3) is 0 Å². The van der Waals surface area contributed by atoms with Crippen LogP contribution in [0.4, 0.5) is 0 Å². The molecule has 1 nitrogen and oxygen atoms in total. The molecule has 0 aliphatic heterocycles. The van der Waals surface area contributed by atoms with Crippen LogP contribution in [0.1, 0.15) is 33.7 Å². The van der Waals surface area contributed by atoms with Gasteiger partial charge in [-0.2, -0.15) is 0 Å². The quantitative estimate of drug-likeness (QED) is 0.146. The monoisotopic (exact) mass is 639 g/mol. The normalized spacial score (nSPS) is 11.5. The Bertz CT molecular complexity index is 2530. The van der Waals surface area contributed by atoms with Crippen LogP contribution in [0.15, 0.2) is 194 Å². The van der Waals surface area contributed by atoms with E-state index in [-0.39, 0.29) is 5.92 Å². The van der Waals surface area contributed by atoms with Crippen molar-refractivity contribution >= 4 is 32.6 Å². The highest BCUT2D eigenvalue weighted by atomic mass is 15.0. The molecule has 0 saturated carbocycles. The van der Waals surface area contributed by atoms with Gasteiger partial charge < -0.3 is 4.57 Å². The summed E-state index contributed by atoms with van der Waals surface area (Å²) in [5.74, 6) is 0.135. The van der Waals surface area contributed by atoms with E-state index in [1.54, 1.807) is 0 Å². The molecule has 1 heteroatoms. The molecule has 0 aliphatic carbocycles. The van der Waals surface area contributed by atoms with E-state index in [1.165, 1.54) is 77.2 Å². The maximum absolute atomic E-state index is 2.46. The molecule has 0 N–H and O–H groups in total. The van der Waals surface area contributed by atoms with Gasteiger partial charge in [-0.15, -0.1) is 0 Å². The second-order valence-electron chi connectivity index (χ2n) is 13.3. The second kappa shape index (κ2) is 13.0. The average Bonchev–Trinajstić information content (AvgIpc) is 3.51. The van der Waals surface area contributed by atoms with Crippen LogP contribution in [-0.2, 0) is 12.8 Å². The Kier molecular flexibility index (Phi) is 7.80. The van der Waals surface area contributed by atoms with Gasteiger partial charge in [0.05, 0.1) is 11.0 Å². The Labute approximate surface area is 293 Å². The number of rotatable bonds is 8. The number of fused-ring (bicyclic) bond motifs is 4. The van der Waals surface area contributed by atoms with Crippen molar-refractivity contribution in [2.75, 3.05) is 0 Å². The van der Waals surface area contributed by atoms with Crippen molar-refractivity contribution in [2.45, 2.75) is 18.8 Å². The standard InChI is InChI=1S/C49H37N/c1-4-14-35(15-5-1)26-27-36-28-30-47-45(32-36)46-34-41(49(38-17-6-2-7-18-38)39-19-8-3-9-20-39)29-31-48(46)50(47)42-23-12-22-40(33-42)44-25-13-21-37-16-10-11-24-43(37)44/h1-25,28-34,49H,26-27H2. The highest BCUT2D eigenvalue weighted by Gasteiger charge is 2.20. The van der Waals surface area contributed by atoms with Crippen molar-refractivity contribution in [1.29, 1.82) is 0 Å². The second-order valence-corrected chi connectivity index (χ2v) is 13.3. The number of hydrogen-bond donors (Lipinski definition) is 0. The predicted octanol–water partition coefficient (Wildman–Crippen LogP) is 12.6. The predicted molar refractivity (Wildman–Crippen MR) is 211 cm³/mol. The first-order chi connectivity index (χ1) is 24.8. The molecular weight excluding hydrogens is 603 g/mol. The lowest BCUT2D eigenvalue weighted by Gasteiger charge is -2.19. The summed E-state index contributed by atoms with van der Waals surface area (Å²) < 4.78 is 2.46. The van der Waals surface area contributed by atoms with Crippen molar-refractivity contribution in [3.63, 3.8) is 0 Å². The molecular formula is C49H37N. The van der Waals surface area contributed by atoms with Crippen molar-refractivity contribution in [1.82, 2.24) is 4.57 Å². The summed E-state index contributed by atoms with van der Waals surface area (Å²) in [5, 5.41) is 5.11. The number of aryl methyl sites for hydroxylation is 2. The number of hydrogen-bond acceptors (Lipinski definition) is 0. The van der Waals surface area contributed by atoms with Crippen molar-refractivity contribution < 1.29 is 0 Å². The smallest absolute Gasteiger partial charge is 0.0541 e. The fraction of sp³-hybridized carbons (Fsp3) is 0.0612. The molecule has 0 fully saturated rings. The van der Waals surface area contributed by atoms with Gasteiger partial charge >= 0.3 is 0 Å². The van der Waals surface area contributed by atoms with Crippen LogP contribution in [0.5, 0.6) is 0 Å². The molecule has 0 atom stereocenters. The minimum absolute atomic E-state index is 0.135. The van der Waals surface area contributed by atoms with E-state index >= 15 is 0 Å². The summed E-state index contributed by atoms with van der Waals surface area (Å²) in [7, 11) is 0. The molecule has 9 aromatic rings. The molecule has 1 heterocycles. The molecule has 9 rings (SSSR count). The first-order valence-electron chi connectivity index (χ1n) is 17.6. The highest BCUT2D eigenvalue weighted by Crippen LogP contribution is 2.39. The van der Waals surface area contributed by atoms with Crippen molar-refractivity contribution in [3.8, 4) is 16.8 Å². The molecule has 0 unspecified atom stereocenters. The zero-order chi connectivity index (χ0) is 33.3. The molecule has 8 aromatic carbocycles. The van der Waals surface area contributed by atoms with Gasteiger partial charge in [0.15, 0.2) is 0 Å². The number of aromatic nitrogens is 1. The first-order valence-corrected chi connectivity index (χ1v) is 17.6. The van der Waals surface area contributed by atoms with Gasteiger partial charge in [-0.05, 0) is 99.0 Å². The summed E-state index contributed by atoms with van der Waals surface area (Å²) in [5.41, 5.74) is 12.7. The van der Waals surface area contributed by atoms with Gasteiger partial charge in [0.2, 0.25) is 0 Å². The lowest BCUT2D eigenvalue weighted by Crippen LogP contribution is -2.03. The molecule has 1 aromatic heterocycles. The summed E-state index contributed by atoms with van der Waals surface area (Å²) in [6.07, 6.45) is 2.02. The van der Waals surface area contributed by atoms with Gasteiger partial charge in [0, 0.05) is 22.4 Å². The average molecular weight is 640 g/mol. The molecule has 238 valence electrons. The fourth-order valence-corrected chi connectivity index (χ4v) is 7.79. The van der Waals surface area contributed by atoms with Crippen molar-refractivity contribution in [3.05, 3.63) is 222 Å². The third kappa shape index (κ3) is 5.57. The van der Waals surface area contributed by atoms with E-state index in [4.69, 9.17) is 0 Å². The van der Waals surface area contributed by atoms with Crippen LogP contribution in [0.3, 0.4) is 0 Å². The third-order valence-corrected chi connectivity index (χ3v) is 10.2. The van der Waals surface area contributed by atoms with Gasteiger partial charge in [-0.1, -0.05) is 158 Å². The van der Waals surface area contributed by atoms with E-state index in [1.807, 2.05) is 0 Å². The van der Waals surface area contributed by atoms with Gasteiger partial charge in [-0.25, -0.2) is 0 Å². The SMILES string of the molecule is c1ccc(CCc2ccc3c(c2)c2cc(C(c4ccccc4)c4ccccc4)ccc2n3-c2cccc(-c3cccc4ccccc34)c2)cc1. The number of nitrogens with zero attached hydrogens (tertiary/aromatic N) is 1. The zero-order valence-electron chi connectivity index (χ0n) is 27.9. The molecule has 0 bridgehead atoms. The Balaban J connectivity index is 1.23. The van der Waals surface area contributed by atoms with Crippen LogP contribution < -0.4 is 0 Å². The molecule has 0 spiro atoms. The molecule has 0 radical (unpaired) electrons. The maximum atomic E-state index is 2.46. The Morgan fingerprint density at radius 1 is 0.380 bits per heavy atom. The van der Waals surface area contributed by atoms with E-state index in [0.717, 1.165) is 12.8 Å². The molecule has 0 saturated heterocycles. The largest absolute Gasteiger partial charge is 0.309 e. The van der Waals surface area contributed by atoms with Crippen LogP contribution in [0, 0.1) is 0 Å². The zero-order valence-corrected chi connectivity index (χ0v) is 27.9. The summed E-state index contributed by atoms with van der Waals surface area (Å²) >= 11 is 0. The van der Waals surface area contributed by atoms with Crippen LogP contribution in [0.25, 0.3) is 49.4 Å². The first kappa shape index (κ1) is 29.9. The molecule has 0 aliphatic rings. The summed E-state index contributed by atoms with van der Waals surface area (Å²) in [6, 6.07) is 71.2. The van der Waals surface area contributed by atoms with E-state index < -0.39 is 0 Å². The van der Waals surface area contributed by atoms with Crippen LogP contribution >= 0.6 is 0 Å². The minimum atomic E-state index is 0.135. The Morgan fingerprint density at radius 2 is 0.980 bits per heavy atom. The molecule has 0 amide bonds. The number of benzene rings is 8. The fourth-order valence-electron chi connectivity index (χ4n) is 7.79. The Hall–Kier alpha value is -6.18. The Morgan fingerprint density at radius 3 is 1.74 bits per heavy atom. The van der Waals surface area contributed by atoms with E-state index in [9.17, 15) is 0 Å². The van der Waals surface area contributed by atoms with Gasteiger partial charge in [0.1, 0.15) is 0 Å². The lowest BCUT2D eigenvalue weighted by atomic mass is 9.84. The minimum Gasteiger partial charge on any atom is -0.309 e. The summed E-state index contributed by atoms with van der Waals surface area (Å²) in [6.45, 7) is 0. The third-order valence-electron chi connectivity index (χ3n) is 10.2. The van der Waals surface area contributed by atoms with Crippen molar-refractivity contribution in [2.24, 2.45) is 0 Å². The topological polar surface area (TPSA) is 4.93 Å². The highest BCUT2D eigenvalue weighted by molar-refractivity contribution is 6.10. The van der Waals surface area contributed by atoms with E-state index in [0.29, 0.717) is 0 Å². The maximum Gasteiger partial charge on any atom is 0.0541 e. The van der Waals surface area contributed by atoms with Crippen LogP contribution in [0.2, 0.25) is 0 Å².